The van der Waals surface area contributed by atoms with E-state index in [2.05, 4.69) is 4.98 Å². The summed E-state index contributed by atoms with van der Waals surface area (Å²) in [5, 5.41) is 9.89. The van der Waals surface area contributed by atoms with E-state index in [9.17, 15) is 9.50 Å². The van der Waals surface area contributed by atoms with Crippen LogP contribution < -0.4 is 0 Å². The van der Waals surface area contributed by atoms with Gasteiger partial charge in [0.2, 0.25) is 0 Å². The average molecular weight is 270 g/mol. The first-order chi connectivity index (χ1) is 9.58. The lowest BCUT2D eigenvalue weighted by atomic mass is 10.0. The Bertz CT molecular complexity index is 777. The van der Waals surface area contributed by atoms with Crippen LogP contribution in [0.4, 0.5) is 4.39 Å². The summed E-state index contributed by atoms with van der Waals surface area (Å²) in [5.41, 5.74) is 3.65. The molecular formula is C16H15FN2O. The van der Waals surface area contributed by atoms with E-state index < -0.39 is 6.10 Å². The summed E-state index contributed by atoms with van der Waals surface area (Å²) in [6, 6.07) is 10.9. The van der Waals surface area contributed by atoms with Crippen molar-refractivity contribution in [3.63, 3.8) is 0 Å². The molecule has 0 amide bonds. The molecule has 1 heterocycles. The van der Waals surface area contributed by atoms with Gasteiger partial charge in [0.05, 0.1) is 22.8 Å². The molecule has 1 N–H and O–H groups in total. The second-order valence-corrected chi connectivity index (χ2v) is 4.94. The molecule has 4 heteroatoms. The number of aryl methyl sites for hydroxylation is 1. The van der Waals surface area contributed by atoms with Gasteiger partial charge in [0.15, 0.2) is 0 Å². The molecule has 3 rings (SSSR count). The number of aromatic nitrogens is 2. The van der Waals surface area contributed by atoms with Gasteiger partial charge in [-0.3, -0.25) is 4.57 Å². The fourth-order valence-corrected chi connectivity index (χ4v) is 2.38. The number of para-hydroxylation sites is 2. The second kappa shape index (κ2) is 4.72. The lowest BCUT2D eigenvalue weighted by Gasteiger charge is -2.15. The molecule has 0 saturated heterocycles. The van der Waals surface area contributed by atoms with E-state index in [1.165, 1.54) is 6.07 Å². The second-order valence-electron chi connectivity index (χ2n) is 4.94. The maximum absolute atomic E-state index is 13.7. The van der Waals surface area contributed by atoms with E-state index in [0.717, 1.165) is 16.7 Å². The molecule has 0 radical (unpaired) electrons. The number of fused-ring (bicyclic) bond motifs is 1. The highest BCUT2D eigenvalue weighted by atomic mass is 19.1. The molecule has 0 spiro atoms. The number of benzene rings is 2. The van der Waals surface area contributed by atoms with Gasteiger partial charge in [0.1, 0.15) is 12.1 Å². The van der Waals surface area contributed by atoms with E-state index in [1.54, 1.807) is 26.2 Å². The van der Waals surface area contributed by atoms with Crippen molar-refractivity contribution < 1.29 is 9.50 Å². The summed E-state index contributed by atoms with van der Waals surface area (Å²) < 4.78 is 15.6. The van der Waals surface area contributed by atoms with Crippen molar-refractivity contribution in [3.05, 3.63) is 59.7 Å². The van der Waals surface area contributed by atoms with Crippen LogP contribution in [0.25, 0.3) is 16.7 Å². The molecule has 3 aromatic rings. The summed E-state index contributed by atoms with van der Waals surface area (Å²) in [5.74, 6) is -0.311. The predicted molar refractivity (Wildman–Crippen MR) is 76.4 cm³/mol. The highest BCUT2D eigenvalue weighted by Gasteiger charge is 2.15. The van der Waals surface area contributed by atoms with Crippen molar-refractivity contribution >= 4 is 11.0 Å². The number of nitrogens with zero attached hydrogens (tertiary/aromatic N) is 2. The van der Waals surface area contributed by atoms with Crippen LogP contribution in [0.15, 0.2) is 42.7 Å². The van der Waals surface area contributed by atoms with E-state index >= 15 is 0 Å². The van der Waals surface area contributed by atoms with Crippen molar-refractivity contribution in [3.8, 4) is 5.69 Å². The molecule has 1 aromatic heterocycles. The maximum Gasteiger partial charge on any atom is 0.126 e. The number of aliphatic hydroxyl groups excluding tert-OH is 1. The molecule has 2 aromatic carbocycles. The fourth-order valence-electron chi connectivity index (χ4n) is 2.38. The third-order valence-electron chi connectivity index (χ3n) is 3.47. The Hall–Kier alpha value is -2.20. The summed E-state index contributed by atoms with van der Waals surface area (Å²) in [6.45, 7) is 3.34. The van der Waals surface area contributed by atoms with Crippen LogP contribution in [-0.4, -0.2) is 14.7 Å². The lowest BCUT2D eigenvalue weighted by molar-refractivity contribution is 0.198. The molecule has 0 saturated carbocycles. The van der Waals surface area contributed by atoms with Crippen molar-refractivity contribution in [2.24, 2.45) is 0 Å². The molecule has 3 nitrogen and oxygen atoms in total. The zero-order valence-electron chi connectivity index (χ0n) is 11.3. The normalized spacial score (nSPS) is 12.8. The minimum absolute atomic E-state index is 0.311. The van der Waals surface area contributed by atoms with Gasteiger partial charge in [-0.05, 0) is 43.7 Å². The molecule has 0 fully saturated rings. The smallest absolute Gasteiger partial charge is 0.126 e. The highest BCUT2D eigenvalue weighted by Crippen LogP contribution is 2.27. The van der Waals surface area contributed by atoms with Gasteiger partial charge in [-0.2, -0.15) is 0 Å². The van der Waals surface area contributed by atoms with Gasteiger partial charge >= 0.3 is 0 Å². The molecule has 0 aliphatic heterocycles. The van der Waals surface area contributed by atoms with Crippen LogP contribution in [0, 0.1) is 12.7 Å². The quantitative estimate of drug-likeness (QED) is 0.773. The van der Waals surface area contributed by atoms with Crippen LogP contribution in [0.3, 0.4) is 0 Å². The third-order valence-corrected chi connectivity index (χ3v) is 3.47. The number of halogens is 1. The first-order valence-corrected chi connectivity index (χ1v) is 6.48. The number of rotatable bonds is 2. The fraction of sp³-hybridized carbons (Fsp3) is 0.188. The molecule has 0 aliphatic carbocycles. The van der Waals surface area contributed by atoms with Crippen LogP contribution in [0.2, 0.25) is 0 Å². The minimum Gasteiger partial charge on any atom is -0.389 e. The van der Waals surface area contributed by atoms with E-state index in [4.69, 9.17) is 0 Å². The van der Waals surface area contributed by atoms with Gasteiger partial charge in [0.25, 0.3) is 0 Å². The van der Waals surface area contributed by atoms with E-state index in [1.807, 2.05) is 28.8 Å². The average Bonchev–Trinajstić information content (AvgIpc) is 2.85. The highest BCUT2D eigenvalue weighted by molar-refractivity contribution is 5.77. The minimum atomic E-state index is -0.749. The van der Waals surface area contributed by atoms with Crippen LogP contribution >= 0.6 is 0 Å². The first-order valence-electron chi connectivity index (χ1n) is 6.48. The van der Waals surface area contributed by atoms with E-state index in [-0.39, 0.29) is 5.82 Å². The summed E-state index contributed by atoms with van der Waals surface area (Å²) in [6.07, 6.45) is 0.949. The lowest BCUT2D eigenvalue weighted by Crippen LogP contribution is -2.04. The largest absolute Gasteiger partial charge is 0.389 e. The topological polar surface area (TPSA) is 38.0 Å². The monoisotopic (exact) mass is 270 g/mol. The Morgan fingerprint density at radius 2 is 2.00 bits per heavy atom. The molecule has 0 unspecified atom stereocenters. The molecular weight excluding hydrogens is 255 g/mol. The summed E-state index contributed by atoms with van der Waals surface area (Å²) in [4.78, 5) is 4.34. The van der Waals surface area contributed by atoms with Gasteiger partial charge in [-0.15, -0.1) is 0 Å². The third kappa shape index (κ3) is 1.98. The van der Waals surface area contributed by atoms with E-state index in [0.29, 0.717) is 11.1 Å². The Morgan fingerprint density at radius 3 is 2.75 bits per heavy atom. The number of aliphatic hydroxyl groups is 1. The van der Waals surface area contributed by atoms with Crippen molar-refractivity contribution in [1.29, 1.82) is 0 Å². The predicted octanol–water partition coefficient (Wildman–Crippen LogP) is 3.53. The van der Waals surface area contributed by atoms with Gasteiger partial charge in [-0.1, -0.05) is 12.1 Å². The Kier molecular flexibility index (Phi) is 3.03. The number of imidazole rings is 1. The molecule has 102 valence electrons. The van der Waals surface area contributed by atoms with Crippen LogP contribution in [-0.2, 0) is 0 Å². The zero-order chi connectivity index (χ0) is 14.3. The standard InChI is InChI=1S/C16H15FN2O/c1-10-7-16(12(11(2)20)8-13(10)17)19-9-18-14-5-3-4-6-15(14)19/h3-9,11,20H,1-2H3/t11-/m1/s1. The molecule has 20 heavy (non-hydrogen) atoms. The molecule has 1 atom stereocenters. The van der Waals surface area contributed by atoms with Crippen molar-refractivity contribution in [2.75, 3.05) is 0 Å². The first kappa shape index (κ1) is 12.8. The number of hydrogen-bond acceptors (Lipinski definition) is 2. The Morgan fingerprint density at radius 1 is 1.25 bits per heavy atom. The number of hydrogen-bond donors (Lipinski definition) is 1. The SMILES string of the molecule is Cc1cc(-n2cnc3ccccc32)c([C@@H](C)O)cc1F. The van der Waals surface area contributed by atoms with Crippen molar-refractivity contribution in [2.45, 2.75) is 20.0 Å². The zero-order valence-corrected chi connectivity index (χ0v) is 11.3. The summed E-state index contributed by atoms with van der Waals surface area (Å²) >= 11 is 0. The van der Waals surface area contributed by atoms with Gasteiger partial charge in [0, 0.05) is 5.56 Å². The Balaban J connectivity index is 2.31. The molecule has 0 aliphatic rings. The van der Waals surface area contributed by atoms with Crippen LogP contribution in [0.5, 0.6) is 0 Å². The van der Waals surface area contributed by atoms with Gasteiger partial charge in [-0.25, -0.2) is 9.37 Å². The van der Waals surface area contributed by atoms with Crippen LogP contribution in [0.1, 0.15) is 24.2 Å². The molecule has 0 bridgehead atoms. The maximum atomic E-state index is 13.7. The Labute approximate surface area is 116 Å². The summed E-state index contributed by atoms with van der Waals surface area (Å²) in [7, 11) is 0. The van der Waals surface area contributed by atoms with Crippen molar-refractivity contribution in [1.82, 2.24) is 9.55 Å². The van der Waals surface area contributed by atoms with Gasteiger partial charge < -0.3 is 5.11 Å².